The van der Waals surface area contributed by atoms with Gasteiger partial charge in [-0.05, 0) is 30.0 Å². The number of hydrogen-bond acceptors (Lipinski definition) is 5. The van der Waals surface area contributed by atoms with Crippen molar-refractivity contribution in [3.8, 4) is 11.4 Å². The molecule has 2 heterocycles. The van der Waals surface area contributed by atoms with Crippen LogP contribution in [0.3, 0.4) is 0 Å². The van der Waals surface area contributed by atoms with Crippen LogP contribution >= 0.6 is 11.8 Å². The van der Waals surface area contributed by atoms with Gasteiger partial charge < -0.3 is 4.57 Å². The lowest BCUT2D eigenvalue weighted by Crippen LogP contribution is -2.07. The fourth-order valence-electron chi connectivity index (χ4n) is 2.57. The number of halogens is 3. The lowest BCUT2D eigenvalue weighted by Gasteiger charge is -2.09. The summed E-state index contributed by atoms with van der Waals surface area (Å²) in [4.78, 5) is 8.44. The SMILES string of the molecule is CCS(=O)(=O)c1ccccc1-c1nc2cc(SC(F)(F)F)cnc2n1C. The average molecular weight is 401 g/mol. The van der Waals surface area contributed by atoms with Crippen molar-refractivity contribution in [2.45, 2.75) is 22.2 Å². The lowest BCUT2D eigenvalue weighted by molar-refractivity contribution is -0.0328. The Balaban J connectivity index is 2.17. The molecule has 0 spiro atoms. The maximum absolute atomic E-state index is 12.6. The molecule has 0 radical (unpaired) electrons. The normalized spacial score (nSPS) is 12.7. The number of benzene rings is 1. The molecule has 0 atom stereocenters. The van der Waals surface area contributed by atoms with Crippen LogP contribution in [0.5, 0.6) is 0 Å². The monoisotopic (exact) mass is 401 g/mol. The van der Waals surface area contributed by atoms with Crippen LogP contribution < -0.4 is 0 Å². The molecular formula is C16H14F3N3O2S2. The Hall–Kier alpha value is -2.07. The van der Waals surface area contributed by atoms with Crippen LogP contribution in [0.2, 0.25) is 0 Å². The molecule has 2 aromatic heterocycles. The van der Waals surface area contributed by atoms with E-state index >= 15 is 0 Å². The molecule has 1 aromatic carbocycles. The van der Waals surface area contributed by atoms with Gasteiger partial charge in [-0.3, -0.25) is 0 Å². The highest BCUT2D eigenvalue weighted by Gasteiger charge is 2.30. The van der Waals surface area contributed by atoms with Crippen molar-refractivity contribution in [2.24, 2.45) is 7.05 Å². The summed E-state index contributed by atoms with van der Waals surface area (Å²) in [6.45, 7) is 1.54. The van der Waals surface area contributed by atoms with E-state index in [2.05, 4.69) is 9.97 Å². The Bertz CT molecular complexity index is 1080. The first kappa shape index (κ1) is 18.7. The van der Waals surface area contributed by atoms with Crippen molar-refractivity contribution in [3.05, 3.63) is 36.5 Å². The van der Waals surface area contributed by atoms with E-state index in [-0.39, 0.29) is 32.8 Å². The molecule has 0 aliphatic carbocycles. The van der Waals surface area contributed by atoms with Crippen molar-refractivity contribution in [2.75, 3.05) is 5.75 Å². The van der Waals surface area contributed by atoms with Gasteiger partial charge in [-0.2, -0.15) is 13.2 Å². The quantitative estimate of drug-likeness (QED) is 0.618. The molecule has 0 bridgehead atoms. The highest BCUT2D eigenvalue weighted by atomic mass is 32.2. The molecule has 0 saturated carbocycles. The Morgan fingerprint density at radius 2 is 1.92 bits per heavy atom. The number of aromatic nitrogens is 3. The standard InChI is InChI=1S/C16H14F3N3O2S2/c1-3-26(23,24)13-7-5-4-6-11(13)14-21-12-8-10(25-16(17,18)19)9-20-15(12)22(14)2/h4-9H,3H2,1-2H3. The van der Waals surface area contributed by atoms with Gasteiger partial charge in [0.1, 0.15) is 11.3 Å². The van der Waals surface area contributed by atoms with Gasteiger partial charge in [-0.1, -0.05) is 19.1 Å². The maximum atomic E-state index is 12.6. The van der Waals surface area contributed by atoms with E-state index in [4.69, 9.17) is 0 Å². The Morgan fingerprint density at radius 3 is 2.58 bits per heavy atom. The molecule has 0 unspecified atom stereocenters. The summed E-state index contributed by atoms with van der Waals surface area (Å²) in [5.74, 6) is 0.257. The van der Waals surface area contributed by atoms with E-state index in [9.17, 15) is 21.6 Å². The highest BCUT2D eigenvalue weighted by Crippen LogP contribution is 2.38. The molecule has 0 N–H and O–H groups in total. The molecule has 3 rings (SSSR count). The lowest BCUT2D eigenvalue weighted by atomic mass is 10.2. The Kier molecular flexibility index (Phi) is 4.74. The van der Waals surface area contributed by atoms with E-state index in [1.165, 1.54) is 12.1 Å². The fourth-order valence-corrected chi connectivity index (χ4v) is 4.20. The predicted octanol–water partition coefficient (Wildman–Crippen LogP) is 4.04. The number of fused-ring (bicyclic) bond motifs is 1. The van der Waals surface area contributed by atoms with Crippen molar-refractivity contribution in [1.82, 2.24) is 14.5 Å². The molecule has 0 fully saturated rings. The number of sulfone groups is 1. The summed E-state index contributed by atoms with van der Waals surface area (Å²) in [5.41, 5.74) is -3.40. The smallest absolute Gasteiger partial charge is 0.312 e. The fraction of sp³-hybridized carbons (Fsp3) is 0.250. The van der Waals surface area contributed by atoms with Crippen LogP contribution in [0.15, 0.2) is 46.3 Å². The number of aryl methyl sites for hydroxylation is 1. The largest absolute Gasteiger partial charge is 0.446 e. The third-order valence-corrected chi connectivity index (χ3v) is 6.24. The van der Waals surface area contributed by atoms with Gasteiger partial charge >= 0.3 is 5.51 Å². The van der Waals surface area contributed by atoms with E-state index in [1.807, 2.05) is 0 Å². The summed E-state index contributed by atoms with van der Waals surface area (Å²) < 4.78 is 63.9. The summed E-state index contributed by atoms with van der Waals surface area (Å²) in [7, 11) is -1.85. The number of alkyl halides is 3. The third kappa shape index (κ3) is 3.56. The zero-order chi connectivity index (χ0) is 19.1. The molecule has 0 aliphatic heterocycles. The van der Waals surface area contributed by atoms with Crippen molar-refractivity contribution in [3.63, 3.8) is 0 Å². The zero-order valence-electron chi connectivity index (χ0n) is 13.8. The van der Waals surface area contributed by atoms with Crippen molar-refractivity contribution < 1.29 is 21.6 Å². The minimum Gasteiger partial charge on any atom is -0.312 e. The van der Waals surface area contributed by atoms with Crippen LogP contribution in [-0.2, 0) is 16.9 Å². The van der Waals surface area contributed by atoms with Gasteiger partial charge in [0, 0.05) is 23.7 Å². The van der Waals surface area contributed by atoms with E-state index in [1.54, 1.807) is 36.7 Å². The molecule has 0 saturated heterocycles. The molecule has 138 valence electrons. The second-order valence-corrected chi connectivity index (χ2v) is 8.84. The van der Waals surface area contributed by atoms with Crippen LogP contribution in [0, 0.1) is 0 Å². The van der Waals surface area contributed by atoms with Crippen molar-refractivity contribution >= 4 is 32.8 Å². The Labute approximate surface area is 152 Å². The maximum Gasteiger partial charge on any atom is 0.446 e. The molecular weight excluding hydrogens is 387 g/mol. The molecule has 3 aromatic rings. The van der Waals surface area contributed by atoms with Gasteiger partial charge in [0.15, 0.2) is 15.5 Å². The Morgan fingerprint density at radius 1 is 1.23 bits per heavy atom. The predicted molar refractivity (Wildman–Crippen MR) is 93.6 cm³/mol. The van der Waals surface area contributed by atoms with E-state index < -0.39 is 15.3 Å². The molecule has 26 heavy (non-hydrogen) atoms. The van der Waals surface area contributed by atoms with Gasteiger partial charge in [-0.25, -0.2) is 18.4 Å². The number of thioether (sulfide) groups is 1. The second-order valence-electron chi connectivity index (χ2n) is 5.46. The van der Waals surface area contributed by atoms with E-state index in [0.717, 1.165) is 6.20 Å². The molecule has 0 aliphatic rings. The molecule has 0 amide bonds. The highest BCUT2D eigenvalue weighted by molar-refractivity contribution is 8.00. The number of nitrogens with zero attached hydrogens (tertiary/aromatic N) is 3. The summed E-state index contributed by atoms with van der Waals surface area (Å²) in [6.07, 6.45) is 1.13. The molecule has 10 heteroatoms. The summed E-state index contributed by atoms with van der Waals surface area (Å²) in [5, 5.41) is 0. The number of hydrogen-bond donors (Lipinski definition) is 0. The summed E-state index contributed by atoms with van der Waals surface area (Å²) >= 11 is -0.270. The minimum absolute atomic E-state index is 0.0709. The average Bonchev–Trinajstić information content (AvgIpc) is 2.89. The van der Waals surface area contributed by atoms with Crippen LogP contribution in [0.1, 0.15) is 6.92 Å². The van der Waals surface area contributed by atoms with Crippen LogP contribution in [0.4, 0.5) is 13.2 Å². The number of imidazole rings is 1. The first-order valence-electron chi connectivity index (χ1n) is 7.53. The second kappa shape index (κ2) is 6.58. The van der Waals surface area contributed by atoms with Crippen molar-refractivity contribution in [1.29, 1.82) is 0 Å². The van der Waals surface area contributed by atoms with Gasteiger partial charge in [0.25, 0.3) is 0 Å². The van der Waals surface area contributed by atoms with Crippen LogP contribution in [0.25, 0.3) is 22.6 Å². The zero-order valence-corrected chi connectivity index (χ0v) is 15.4. The first-order valence-corrected chi connectivity index (χ1v) is 9.99. The molecule has 5 nitrogen and oxygen atoms in total. The van der Waals surface area contributed by atoms with Gasteiger partial charge in [0.2, 0.25) is 0 Å². The first-order chi connectivity index (χ1) is 12.1. The van der Waals surface area contributed by atoms with E-state index in [0.29, 0.717) is 17.0 Å². The third-order valence-electron chi connectivity index (χ3n) is 3.76. The minimum atomic E-state index is -4.42. The number of pyridine rings is 1. The van der Waals surface area contributed by atoms with Gasteiger partial charge in [0.05, 0.1) is 10.6 Å². The van der Waals surface area contributed by atoms with Gasteiger partial charge in [-0.15, -0.1) is 0 Å². The number of rotatable bonds is 4. The topological polar surface area (TPSA) is 64.8 Å². The summed E-state index contributed by atoms with van der Waals surface area (Å²) in [6, 6.07) is 7.70. The van der Waals surface area contributed by atoms with Crippen LogP contribution in [-0.4, -0.2) is 34.2 Å².